The van der Waals surface area contributed by atoms with E-state index in [9.17, 15) is 4.79 Å². The molecule has 1 heterocycles. The molecule has 0 aromatic rings. The quantitative estimate of drug-likeness (QED) is 0.620. The first kappa shape index (κ1) is 9.86. The van der Waals surface area contributed by atoms with Crippen LogP contribution in [0.3, 0.4) is 0 Å². The van der Waals surface area contributed by atoms with Crippen LogP contribution in [-0.4, -0.2) is 37.0 Å². The largest absolute Gasteiger partial charge is 0.355 e. The maximum absolute atomic E-state index is 10.8. The second-order valence-electron chi connectivity index (χ2n) is 2.99. The minimum Gasteiger partial charge on any atom is -0.355 e. The summed E-state index contributed by atoms with van der Waals surface area (Å²) in [4.78, 5) is 10.8. The lowest BCUT2D eigenvalue weighted by molar-refractivity contribution is -0.122. The van der Waals surface area contributed by atoms with Crippen molar-refractivity contribution in [2.75, 3.05) is 25.1 Å². The van der Waals surface area contributed by atoms with Gasteiger partial charge in [0.2, 0.25) is 5.91 Å². The van der Waals surface area contributed by atoms with Gasteiger partial charge in [0.1, 0.15) is 0 Å². The summed E-state index contributed by atoms with van der Waals surface area (Å²) < 4.78 is 0. The molecule has 4 heteroatoms. The van der Waals surface area contributed by atoms with Gasteiger partial charge in [0.15, 0.2) is 0 Å². The molecule has 1 amide bonds. The van der Waals surface area contributed by atoms with Crippen molar-refractivity contribution in [2.45, 2.75) is 18.9 Å². The van der Waals surface area contributed by atoms with Gasteiger partial charge in [0, 0.05) is 31.3 Å². The van der Waals surface area contributed by atoms with E-state index in [2.05, 4.69) is 16.9 Å². The summed E-state index contributed by atoms with van der Waals surface area (Å²) in [5.41, 5.74) is 0. The van der Waals surface area contributed by atoms with Crippen LogP contribution in [-0.2, 0) is 4.79 Å². The van der Waals surface area contributed by atoms with Gasteiger partial charge in [0.25, 0.3) is 0 Å². The number of nitrogens with one attached hydrogen (secondary N) is 2. The van der Waals surface area contributed by atoms with Gasteiger partial charge in [-0.15, -0.1) is 0 Å². The summed E-state index contributed by atoms with van der Waals surface area (Å²) in [5.74, 6) is 1.34. The summed E-state index contributed by atoms with van der Waals surface area (Å²) in [6.45, 7) is 1.84. The van der Waals surface area contributed by atoms with E-state index in [1.165, 1.54) is 0 Å². The number of rotatable bonds is 4. The minimum atomic E-state index is 0.193. The lowest BCUT2D eigenvalue weighted by Gasteiger charge is -2.23. The van der Waals surface area contributed by atoms with E-state index in [-0.39, 0.29) is 5.91 Å². The van der Waals surface area contributed by atoms with E-state index in [1.54, 1.807) is 0 Å². The fourth-order valence-corrected chi connectivity index (χ4v) is 1.59. The van der Waals surface area contributed by atoms with Crippen LogP contribution in [0.15, 0.2) is 0 Å². The molecule has 0 aromatic heterocycles. The average Bonchev–Trinajstić information content (AvgIpc) is 2.09. The molecule has 1 rings (SSSR count). The molecule has 1 saturated heterocycles. The molecule has 0 bridgehead atoms. The van der Waals surface area contributed by atoms with Gasteiger partial charge in [-0.05, 0) is 12.7 Å². The van der Waals surface area contributed by atoms with Gasteiger partial charge in [-0.1, -0.05) is 0 Å². The number of amides is 1. The van der Waals surface area contributed by atoms with Crippen LogP contribution in [0.25, 0.3) is 0 Å². The van der Waals surface area contributed by atoms with Crippen LogP contribution in [0.1, 0.15) is 12.8 Å². The van der Waals surface area contributed by atoms with Gasteiger partial charge in [-0.25, -0.2) is 0 Å². The summed E-state index contributed by atoms with van der Waals surface area (Å²) in [5, 5.41) is 6.26. The van der Waals surface area contributed by atoms with Crippen LogP contribution in [0.4, 0.5) is 0 Å². The highest BCUT2D eigenvalue weighted by Crippen LogP contribution is 2.02. The van der Waals surface area contributed by atoms with Gasteiger partial charge < -0.3 is 10.6 Å². The Kier molecular flexibility index (Phi) is 4.46. The molecular weight excluding hydrogens is 172 g/mol. The zero-order valence-electron chi connectivity index (χ0n) is 7.43. The normalized spacial score (nSPS) is 23.8. The van der Waals surface area contributed by atoms with E-state index in [1.807, 2.05) is 11.8 Å². The molecule has 1 unspecified atom stereocenters. The molecule has 0 aliphatic carbocycles. The molecule has 0 spiro atoms. The number of hydrogen-bond acceptors (Lipinski definition) is 3. The molecule has 70 valence electrons. The Bertz CT molecular complexity index is 142. The van der Waals surface area contributed by atoms with Crippen LogP contribution in [0.5, 0.6) is 0 Å². The lowest BCUT2D eigenvalue weighted by Crippen LogP contribution is -2.46. The standard InChI is InChI=1S/C8H16N2OS/c1-12-5-4-9-7-2-3-8(11)10-6-7/h7,9H,2-6H2,1H3,(H,10,11). The number of piperidine rings is 1. The topological polar surface area (TPSA) is 41.1 Å². The first-order valence-electron chi connectivity index (χ1n) is 4.32. The maximum Gasteiger partial charge on any atom is 0.220 e. The van der Waals surface area contributed by atoms with Crippen molar-refractivity contribution in [1.29, 1.82) is 0 Å². The zero-order valence-corrected chi connectivity index (χ0v) is 8.25. The zero-order chi connectivity index (χ0) is 8.81. The predicted octanol–water partition coefficient (Wildman–Crippen LogP) is 0.218. The van der Waals surface area contributed by atoms with Gasteiger partial charge in [0.05, 0.1) is 0 Å². The summed E-state index contributed by atoms with van der Waals surface area (Å²) >= 11 is 1.84. The third-order valence-electron chi connectivity index (χ3n) is 2.00. The molecule has 12 heavy (non-hydrogen) atoms. The second-order valence-corrected chi connectivity index (χ2v) is 3.97. The van der Waals surface area contributed by atoms with E-state index >= 15 is 0 Å². The Morgan fingerprint density at radius 3 is 3.17 bits per heavy atom. The molecule has 1 fully saturated rings. The van der Waals surface area contributed by atoms with Crippen molar-refractivity contribution in [3.63, 3.8) is 0 Å². The van der Waals surface area contributed by atoms with Crippen LogP contribution >= 0.6 is 11.8 Å². The molecule has 1 aliphatic rings. The molecule has 3 nitrogen and oxygen atoms in total. The monoisotopic (exact) mass is 188 g/mol. The number of hydrogen-bond donors (Lipinski definition) is 2. The van der Waals surface area contributed by atoms with Crippen molar-refractivity contribution in [1.82, 2.24) is 10.6 Å². The Morgan fingerprint density at radius 2 is 2.58 bits per heavy atom. The fraction of sp³-hybridized carbons (Fsp3) is 0.875. The summed E-state index contributed by atoms with van der Waals surface area (Å²) in [6.07, 6.45) is 3.77. The van der Waals surface area contributed by atoms with E-state index in [0.717, 1.165) is 25.3 Å². The van der Waals surface area contributed by atoms with Gasteiger partial charge in [-0.2, -0.15) is 11.8 Å². The number of carbonyl (C=O) groups is 1. The van der Waals surface area contributed by atoms with Crippen molar-refractivity contribution >= 4 is 17.7 Å². The maximum atomic E-state index is 10.8. The third-order valence-corrected chi connectivity index (χ3v) is 2.62. The Labute approximate surface area is 77.7 Å². The Hall–Kier alpha value is -0.220. The van der Waals surface area contributed by atoms with E-state index < -0.39 is 0 Å². The highest BCUT2D eigenvalue weighted by atomic mass is 32.2. The van der Waals surface area contributed by atoms with E-state index in [4.69, 9.17) is 0 Å². The third kappa shape index (κ3) is 3.45. The Balaban J connectivity index is 2.05. The average molecular weight is 188 g/mol. The molecule has 0 radical (unpaired) electrons. The minimum absolute atomic E-state index is 0.193. The van der Waals surface area contributed by atoms with Crippen molar-refractivity contribution < 1.29 is 4.79 Å². The predicted molar refractivity (Wildman–Crippen MR) is 52.4 cm³/mol. The number of carbonyl (C=O) groups excluding carboxylic acids is 1. The Morgan fingerprint density at radius 1 is 1.75 bits per heavy atom. The van der Waals surface area contributed by atoms with Crippen molar-refractivity contribution in [2.24, 2.45) is 0 Å². The summed E-state index contributed by atoms with van der Waals surface area (Å²) in [6, 6.07) is 0.495. The molecule has 1 aliphatic heterocycles. The number of thioether (sulfide) groups is 1. The first-order valence-corrected chi connectivity index (χ1v) is 5.71. The molecule has 0 saturated carbocycles. The van der Waals surface area contributed by atoms with Crippen LogP contribution in [0, 0.1) is 0 Å². The molecular formula is C8H16N2OS. The van der Waals surface area contributed by atoms with Gasteiger partial charge >= 0.3 is 0 Å². The molecule has 2 N–H and O–H groups in total. The molecule has 1 atom stereocenters. The highest BCUT2D eigenvalue weighted by molar-refractivity contribution is 7.98. The highest BCUT2D eigenvalue weighted by Gasteiger charge is 2.16. The second kappa shape index (κ2) is 5.43. The smallest absolute Gasteiger partial charge is 0.220 e. The van der Waals surface area contributed by atoms with Gasteiger partial charge in [-0.3, -0.25) is 4.79 Å². The fourth-order valence-electron chi connectivity index (χ4n) is 1.27. The SMILES string of the molecule is CSCCNC1CCC(=O)NC1. The van der Waals surface area contributed by atoms with E-state index in [0.29, 0.717) is 12.5 Å². The lowest BCUT2D eigenvalue weighted by atomic mass is 10.1. The first-order chi connectivity index (χ1) is 5.83. The van der Waals surface area contributed by atoms with Crippen molar-refractivity contribution in [3.05, 3.63) is 0 Å². The molecule has 0 aromatic carbocycles. The van der Waals surface area contributed by atoms with Crippen LogP contribution < -0.4 is 10.6 Å². The summed E-state index contributed by atoms with van der Waals surface area (Å²) in [7, 11) is 0. The van der Waals surface area contributed by atoms with Crippen LogP contribution in [0.2, 0.25) is 0 Å². The van der Waals surface area contributed by atoms with Crippen molar-refractivity contribution in [3.8, 4) is 0 Å².